The van der Waals surface area contributed by atoms with Gasteiger partial charge in [-0.15, -0.1) is 0 Å². The molecule has 13 heteroatoms. The van der Waals surface area contributed by atoms with Gasteiger partial charge in [-0.2, -0.15) is 0 Å². The molecule has 1 fully saturated rings. The smallest absolute Gasteiger partial charge is 0.304 e. The van der Waals surface area contributed by atoms with Crippen LogP contribution in [-0.2, 0) is 24.0 Å². The number of Topliss-reactive ketones (excluding diaryl/α,β-unsaturated/α-hetero) is 1. The maximum atomic E-state index is 13.4. The minimum atomic E-state index is -1.56. The first-order valence-electron chi connectivity index (χ1n) is 11.4. The van der Waals surface area contributed by atoms with Crippen molar-refractivity contribution in [3.8, 4) is 0 Å². The second-order valence-electron chi connectivity index (χ2n) is 8.48. The number of nitrogens with two attached hydrogens (primary N) is 2. The van der Waals surface area contributed by atoms with Crippen LogP contribution in [0.2, 0.25) is 0 Å². The van der Waals surface area contributed by atoms with E-state index in [4.69, 9.17) is 16.9 Å². The fourth-order valence-electron chi connectivity index (χ4n) is 4.03. The number of likely N-dealkylation sites (N-methyl/N-ethyl adjacent to an activating group) is 1. The number of para-hydroxylation sites is 1. The molecule has 0 aromatic heterocycles. The Kier molecular flexibility index (Phi) is 9.91. The zero-order chi connectivity index (χ0) is 27.0. The fourth-order valence-corrected chi connectivity index (χ4v) is 4.03. The lowest BCUT2D eigenvalue weighted by atomic mass is 9.99. The van der Waals surface area contributed by atoms with E-state index in [9.17, 15) is 29.1 Å². The highest BCUT2D eigenvalue weighted by molar-refractivity contribution is 6.11. The number of carbonyl (C=O) groups is 5. The number of amides is 3. The molecule has 1 aromatic carbocycles. The molecule has 3 atom stereocenters. The van der Waals surface area contributed by atoms with E-state index in [1.165, 1.54) is 23.8 Å². The molecular weight excluding hydrogens is 470 g/mol. The topological polar surface area (TPSA) is 203 Å². The maximum Gasteiger partial charge on any atom is 0.304 e. The van der Waals surface area contributed by atoms with Gasteiger partial charge in [0.15, 0.2) is 11.7 Å². The van der Waals surface area contributed by atoms with Gasteiger partial charge in [-0.25, -0.2) is 0 Å². The quantitative estimate of drug-likeness (QED) is 0.108. The van der Waals surface area contributed by atoms with Crippen molar-refractivity contribution in [3.63, 3.8) is 0 Å². The van der Waals surface area contributed by atoms with Crippen LogP contribution in [0.3, 0.4) is 0 Å². The summed E-state index contributed by atoms with van der Waals surface area (Å²) in [5, 5.41) is 19.2. The normalized spacial score (nSPS) is 17.7. The predicted octanol–water partition coefficient (Wildman–Crippen LogP) is -1.08. The first-order chi connectivity index (χ1) is 17.0. The molecule has 2 unspecified atom stereocenters. The van der Waals surface area contributed by atoms with Gasteiger partial charge in [-0.1, -0.05) is 18.2 Å². The standard InChI is InChI=1S/C23H33N7O6/c1-14(31)28(2)17(9-6-10-27-23(25)26)19(34)20(24)30-12-11-29(15-7-4-3-5-8-15)21(35)16(22(30)36)13-18(32)33/h3-5,7-8,16-17,20H,6,9-13,24H2,1-2H3,(H,32,33)(H4,25,26,27)/t16?,17-,20?/m0/s1. The van der Waals surface area contributed by atoms with E-state index in [-0.39, 0.29) is 32.0 Å². The van der Waals surface area contributed by atoms with E-state index in [0.717, 1.165) is 4.90 Å². The number of carboxylic acids is 1. The molecule has 1 aliphatic heterocycles. The summed E-state index contributed by atoms with van der Waals surface area (Å²) in [6.07, 6.45) is -1.72. The summed E-state index contributed by atoms with van der Waals surface area (Å²) < 4.78 is 0. The van der Waals surface area contributed by atoms with E-state index >= 15 is 0 Å². The van der Waals surface area contributed by atoms with Crippen LogP contribution >= 0.6 is 0 Å². The number of carbonyl (C=O) groups excluding carboxylic acids is 4. The summed E-state index contributed by atoms with van der Waals surface area (Å²) >= 11 is 0. The molecule has 2 rings (SSSR count). The van der Waals surface area contributed by atoms with Crippen LogP contribution < -0.4 is 21.7 Å². The fraction of sp³-hybridized carbons (Fsp3) is 0.478. The SMILES string of the molecule is CC(=O)N(C)[C@@H](CCCNC(=N)N)C(=O)C(N)N1CCN(c2ccccc2)C(=O)C(CC(=O)O)C1=O. The van der Waals surface area contributed by atoms with Crippen LogP contribution in [0, 0.1) is 11.3 Å². The van der Waals surface area contributed by atoms with Crippen molar-refractivity contribution < 1.29 is 29.1 Å². The molecule has 1 heterocycles. The lowest BCUT2D eigenvalue weighted by Gasteiger charge is -2.33. The monoisotopic (exact) mass is 503 g/mol. The van der Waals surface area contributed by atoms with Gasteiger partial charge in [0.25, 0.3) is 0 Å². The van der Waals surface area contributed by atoms with E-state index in [1.54, 1.807) is 30.3 Å². The average molecular weight is 504 g/mol. The summed E-state index contributed by atoms with van der Waals surface area (Å²) in [5.74, 6) is -5.71. The van der Waals surface area contributed by atoms with Crippen molar-refractivity contribution >= 4 is 41.1 Å². The molecule has 0 aliphatic carbocycles. The molecule has 1 saturated heterocycles. The molecule has 13 nitrogen and oxygen atoms in total. The summed E-state index contributed by atoms with van der Waals surface area (Å²) in [6, 6.07) is 7.50. The number of aliphatic carboxylic acids is 1. The van der Waals surface area contributed by atoms with E-state index < -0.39 is 54.0 Å². The van der Waals surface area contributed by atoms with Crippen molar-refractivity contribution in [2.75, 3.05) is 31.6 Å². The summed E-state index contributed by atoms with van der Waals surface area (Å²) in [7, 11) is 1.44. The molecule has 3 amide bonds. The highest BCUT2D eigenvalue weighted by atomic mass is 16.4. The third-order valence-corrected chi connectivity index (χ3v) is 6.05. The highest BCUT2D eigenvalue weighted by Crippen LogP contribution is 2.24. The van der Waals surface area contributed by atoms with Crippen LogP contribution in [0.1, 0.15) is 26.2 Å². The van der Waals surface area contributed by atoms with Gasteiger partial charge in [-0.05, 0) is 25.0 Å². The van der Waals surface area contributed by atoms with Crippen molar-refractivity contribution in [2.24, 2.45) is 17.4 Å². The Balaban J connectivity index is 2.32. The molecule has 0 radical (unpaired) electrons. The van der Waals surface area contributed by atoms with Crippen LogP contribution in [-0.4, -0.2) is 89.2 Å². The Morgan fingerprint density at radius 3 is 2.39 bits per heavy atom. The number of guanidine groups is 1. The number of hydrogen-bond acceptors (Lipinski definition) is 7. The molecule has 1 aliphatic rings. The van der Waals surface area contributed by atoms with Crippen LogP contribution in [0.5, 0.6) is 0 Å². The van der Waals surface area contributed by atoms with Crippen molar-refractivity contribution in [2.45, 2.75) is 38.4 Å². The first-order valence-corrected chi connectivity index (χ1v) is 11.4. The number of benzene rings is 1. The van der Waals surface area contributed by atoms with E-state index in [2.05, 4.69) is 5.32 Å². The second kappa shape index (κ2) is 12.6. The number of nitrogens with one attached hydrogen (secondary N) is 2. The van der Waals surface area contributed by atoms with Gasteiger partial charge in [-0.3, -0.25) is 29.4 Å². The maximum absolute atomic E-state index is 13.4. The minimum Gasteiger partial charge on any atom is -0.481 e. The Bertz CT molecular complexity index is 1000. The number of hydrogen-bond donors (Lipinski definition) is 5. The first kappa shape index (κ1) is 28.2. The molecule has 0 saturated carbocycles. The third-order valence-electron chi connectivity index (χ3n) is 6.05. The van der Waals surface area contributed by atoms with Crippen LogP contribution in [0.15, 0.2) is 30.3 Å². The Morgan fingerprint density at radius 2 is 1.83 bits per heavy atom. The summed E-state index contributed by atoms with van der Waals surface area (Å²) in [4.78, 5) is 67.0. The zero-order valence-electron chi connectivity index (χ0n) is 20.3. The number of ketones is 1. The Labute approximate surface area is 208 Å². The summed E-state index contributed by atoms with van der Waals surface area (Å²) in [6.45, 7) is 1.46. The second-order valence-corrected chi connectivity index (χ2v) is 8.48. The van der Waals surface area contributed by atoms with Gasteiger partial charge in [0.1, 0.15) is 12.1 Å². The van der Waals surface area contributed by atoms with E-state index in [0.29, 0.717) is 12.1 Å². The zero-order valence-corrected chi connectivity index (χ0v) is 20.3. The van der Waals surface area contributed by atoms with Crippen molar-refractivity contribution in [1.82, 2.24) is 15.1 Å². The Morgan fingerprint density at radius 1 is 1.19 bits per heavy atom. The molecule has 36 heavy (non-hydrogen) atoms. The molecule has 1 aromatic rings. The predicted molar refractivity (Wildman–Crippen MR) is 131 cm³/mol. The lowest BCUT2D eigenvalue weighted by Crippen LogP contribution is -2.58. The molecule has 0 bridgehead atoms. The van der Waals surface area contributed by atoms with Gasteiger partial charge >= 0.3 is 5.97 Å². The number of rotatable bonds is 11. The average Bonchev–Trinajstić information content (AvgIpc) is 2.94. The highest BCUT2D eigenvalue weighted by Gasteiger charge is 2.43. The number of nitrogens with zero attached hydrogens (tertiary/aromatic N) is 3. The van der Waals surface area contributed by atoms with Gasteiger partial charge in [0.2, 0.25) is 17.7 Å². The molecular formula is C23H33N7O6. The number of carboxylic acid groups (broad SMARTS) is 1. The van der Waals surface area contributed by atoms with Gasteiger partial charge in [0.05, 0.1) is 12.5 Å². The van der Waals surface area contributed by atoms with Gasteiger partial charge < -0.3 is 36.6 Å². The van der Waals surface area contributed by atoms with Crippen LogP contribution in [0.25, 0.3) is 0 Å². The molecule has 7 N–H and O–H groups in total. The number of anilines is 1. The third kappa shape index (κ3) is 7.01. The van der Waals surface area contributed by atoms with Crippen molar-refractivity contribution in [3.05, 3.63) is 30.3 Å². The largest absolute Gasteiger partial charge is 0.481 e. The van der Waals surface area contributed by atoms with Gasteiger partial charge in [0, 0.05) is 39.3 Å². The van der Waals surface area contributed by atoms with Crippen molar-refractivity contribution in [1.29, 1.82) is 5.41 Å². The minimum absolute atomic E-state index is 0.00142. The summed E-state index contributed by atoms with van der Waals surface area (Å²) in [5.41, 5.74) is 12.0. The lowest BCUT2D eigenvalue weighted by molar-refractivity contribution is -0.151. The molecule has 196 valence electrons. The van der Waals surface area contributed by atoms with Crippen LogP contribution in [0.4, 0.5) is 5.69 Å². The molecule has 0 spiro atoms. The Hall–Kier alpha value is -4.00. The van der Waals surface area contributed by atoms with E-state index in [1.807, 2.05) is 0 Å².